The molecule has 0 fully saturated rings. The molecule has 0 aliphatic heterocycles. The molecule has 1 heterocycles. The number of aryl methyl sites for hydroxylation is 1. The molecule has 0 bridgehead atoms. The minimum Gasteiger partial charge on any atom is -0.330 e. The summed E-state index contributed by atoms with van der Waals surface area (Å²) in [6.45, 7) is 10.0. The molecule has 0 radical (unpaired) electrons. The normalized spacial score (nSPS) is 11.8. The number of rotatable bonds is 4. The first kappa shape index (κ1) is 13.8. The van der Waals surface area contributed by atoms with Gasteiger partial charge >= 0.3 is 0 Å². The highest BCUT2D eigenvalue weighted by Gasteiger charge is 2.26. The van der Waals surface area contributed by atoms with E-state index in [-0.39, 0.29) is 5.41 Å². The molecular formula is C16H23N3. The average molecular weight is 257 g/mol. The summed E-state index contributed by atoms with van der Waals surface area (Å²) in [5.41, 5.74) is 10.7. The molecule has 2 rings (SSSR count). The lowest BCUT2D eigenvalue weighted by molar-refractivity contribution is 0.530. The first-order valence-corrected chi connectivity index (χ1v) is 6.74. The molecule has 1 aromatic heterocycles. The maximum Gasteiger partial charge on any atom is 0.0662 e. The topological polar surface area (TPSA) is 43.8 Å². The Kier molecular flexibility index (Phi) is 3.76. The Bertz CT molecular complexity index is 553. The quantitative estimate of drug-likeness (QED) is 0.915. The molecule has 1 aromatic carbocycles. The Balaban J connectivity index is 2.37. The van der Waals surface area contributed by atoms with Gasteiger partial charge in [-0.05, 0) is 19.4 Å². The number of hydrogen-bond acceptors (Lipinski definition) is 2. The van der Waals surface area contributed by atoms with Crippen LogP contribution in [-0.2, 0) is 12.0 Å². The second kappa shape index (κ2) is 5.17. The van der Waals surface area contributed by atoms with Gasteiger partial charge in [0.2, 0.25) is 0 Å². The molecule has 2 aromatic rings. The van der Waals surface area contributed by atoms with Crippen LogP contribution in [0.2, 0.25) is 0 Å². The van der Waals surface area contributed by atoms with Crippen LogP contribution in [0.3, 0.4) is 0 Å². The van der Waals surface area contributed by atoms with Crippen LogP contribution in [0.4, 0.5) is 0 Å². The molecule has 102 valence electrons. The van der Waals surface area contributed by atoms with Crippen molar-refractivity contribution in [3.63, 3.8) is 0 Å². The SMILES string of the molecule is Cc1nn(Cc2ccccc2)c(C)c1C(C)(C)CN. The van der Waals surface area contributed by atoms with Crippen molar-refractivity contribution in [2.24, 2.45) is 5.73 Å². The van der Waals surface area contributed by atoms with Crippen molar-refractivity contribution in [3.8, 4) is 0 Å². The predicted molar refractivity (Wildman–Crippen MR) is 79.3 cm³/mol. The first-order valence-electron chi connectivity index (χ1n) is 6.74. The van der Waals surface area contributed by atoms with E-state index >= 15 is 0 Å². The first-order chi connectivity index (χ1) is 8.95. The molecule has 0 amide bonds. The van der Waals surface area contributed by atoms with Crippen molar-refractivity contribution in [2.75, 3.05) is 6.54 Å². The third-order valence-electron chi connectivity index (χ3n) is 3.74. The summed E-state index contributed by atoms with van der Waals surface area (Å²) in [7, 11) is 0. The molecule has 3 nitrogen and oxygen atoms in total. The molecule has 3 heteroatoms. The Morgan fingerprint density at radius 1 is 1.16 bits per heavy atom. The fourth-order valence-electron chi connectivity index (χ4n) is 2.69. The summed E-state index contributed by atoms with van der Waals surface area (Å²) in [4.78, 5) is 0. The molecular weight excluding hydrogens is 234 g/mol. The highest BCUT2D eigenvalue weighted by molar-refractivity contribution is 5.33. The molecule has 0 aliphatic rings. The highest BCUT2D eigenvalue weighted by Crippen LogP contribution is 2.28. The Morgan fingerprint density at radius 3 is 2.37 bits per heavy atom. The van der Waals surface area contributed by atoms with Crippen LogP contribution in [-0.4, -0.2) is 16.3 Å². The smallest absolute Gasteiger partial charge is 0.0662 e. The van der Waals surface area contributed by atoms with Crippen LogP contribution < -0.4 is 5.73 Å². The maximum absolute atomic E-state index is 5.90. The van der Waals surface area contributed by atoms with Gasteiger partial charge in [-0.3, -0.25) is 4.68 Å². The molecule has 0 unspecified atom stereocenters. The number of hydrogen-bond donors (Lipinski definition) is 1. The molecule has 0 saturated carbocycles. The Morgan fingerprint density at radius 2 is 1.79 bits per heavy atom. The molecule has 2 N–H and O–H groups in total. The number of nitrogens with zero attached hydrogens (tertiary/aromatic N) is 2. The molecule has 0 atom stereocenters. The van der Waals surface area contributed by atoms with Gasteiger partial charge in [0.25, 0.3) is 0 Å². The summed E-state index contributed by atoms with van der Waals surface area (Å²) < 4.78 is 2.08. The second-order valence-electron chi connectivity index (χ2n) is 5.78. The Hall–Kier alpha value is -1.61. The third kappa shape index (κ3) is 2.71. The molecule has 19 heavy (non-hydrogen) atoms. The average Bonchev–Trinajstić information content (AvgIpc) is 2.66. The van der Waals surface area contributed by atoms with Crippen molar-refractivity contribution in [1.29, 1.82) is 0 Å². The van der Waals surface area contributed by atoms with E-state index in [2.05, 4.69) is 61.7 Å². The summed E-state index contributed by atoms with van der Waals surface area (Å²) in [5, 5.41) is 4.68. The van der Waals surface area contributed by atoms with E-state index in [1.165, 1.54) is 16.8 Å². The zero-order chi connectivity index (χ0) is 14.0. The lowest BCUT2D eigenvalue weighted by Gasteiger charge is -2.23. The van der Waals surface area contributed by atoms with Crippen molar-refractivity contribution >= 4 is 0 Å². The van der Waals surface area contributed by atoms with Gasteiger partial charge in [0.05, 0.1) is 12.2 Å². The van der Waals surface area contributed by atoms with E-state index in [0.29, 0.717) is 6.54 Å². The molecule has 0 aliphatic carbocycles. The van der Waals surface area contributed by atoms with E-state index < -0.39 is 0 Å². The van der Waals surface area contributed by atoms with Gasteiger partial charge in [0.15, 0.2) is 0 Å². The highest BCUT2D eigenvalue weighted by atomic mass is 15.3. The summed E-state index contributed by atoms with van der Waals surface area (Å²) in [6, 6.07) is 10.4. The summed E-state index contributed by atoms with van der Waals surface area (Å²) in [5.74, 6) is 0. The van der Waals surface area contributed by atoms with Crippen molar-refractivity contribution in [2.45, 2.75) is 39.7 Å². The van der Waals surface area contributed by atoms with Crippen molar-refractivity contribution < 1.29 is 0 Å². The van der Waals surface area contributed by atoms with E-state index in [1.54, 1.807) is 0 Å². The van der Waals surface area contributed by atoms with Crippen LogP contribution in [0.1, 0.15) is 36.4 Å². The van der Waals surface area contributed by atoms with Crippen LogP contribution >= 0.6 is 0 Å². The van der Waals surface area contributed by atoms with E-state index in [1.807, 2.05) is 6.07 Å². The van der Waals surface area contributed by atoms with E-state index in [0.717, 1.165) is 12.2 Å². The second-order valence-corrected chi connectivity index (χ2v) is 5.78. The Labute approximate surface area is 115 Å². The largest absolute Gasteiger partial charge is 0.330 e. The van der Waals surface area contributed by atoms with Gasteiger partial charge in [-0.25, -0.2) is 0 Å². The minimum absolute atomic E-state index is 0.0247. The minimum atomic E-state index is -0.0247. The van der Waals surface area contributed by atoms with Crippen LogP contribution in [0, 0.1) is 13.8 Å². The van der Waals surface area contributed by atoms with Gasteiger partial charge < -0.3 is 5.73 Å². The van der Waals surface area contributed by atoms with E-state index in [4.69, 9.17) is 5.73 Å². The lowest BCUT2D eigenvalue weighted by Crippen LogP contribution is -2.29. The van der Waals surface area contributed by atoms with Crippen LogP contribution in [0.5, 0.6) is 0 Å². The van der Waals surface area contributed by atoms with Gasteiger partial charge in [-0.2, -0.15) is 5.10 Å². The number of benzene rings is 1. The zero-order valence-electron chi connectivity index (χ0n) is 12.3. The zero-order valence-corrected chi connectivity index (χ0v) is 12.3. The van der Waals surface area contributed by atoms with Crippen molar-refractivity contribution in [1.82, 2.24) is 9.78 Å². The molecule has 0 saturated heterocycles. The number of aromatic nitrogens is 2. The standard InChI is InChI=1S/C16H23N3/c1-12-15(16(3,4)11-17)13(2)19(18-12)10-14-8-6-5-7-9-14/h5-9H,10-11,17H2,1-4H3. The van der Waals surface area contributed by atoms with Gasteiger partial charge in [-0.15, -0.1) is 0 Å². The third-order valence-corrected chi connectivity index (χ3v) is 3.74. The molecule has 0 spiro atoms. The maximum atomic E-state index is 5.90. The lowest BCUT2D eigenvalue weighted by atomic mass is 9.83. The fourth-order valence-corrected chi connectivity index (χ4v) is 2.69. The van der Waals surface area contributed by atoms with Gasteiger partial charge in [0, 0.05) is 23.2 Å². The van der Waals surface area contributed by atoms with Crippen LogP contribution in [0.25, 0.3) is 0 Å². The van der Waals surface area contributed by atoms with E-state index in [9.17, 15) is 0 Å². The van der Waals surface area contributed by atoms with Gasteiger partial charge in [0.1, 0.15) is 0 Å². The summed E-state index contributed by atoms with van der Waals surface area (Å²) >= 11 is 0. The fraction of sp³-hybridized carbons (Fsp3) is 0.438. The predicted octanol–water partition coefficient (Wildman–Crippen LogP) is 2.78. The van der Waals surface area contributed by atoms with Gasteiger partial charge in [-0.1, -0.05) is 44.2 Å². The summed E-state index contributed by atoms with van der Waals surface area (Å²) in [6.07, 6.45) is 0. The van der Waals surface area contributed by atoms with Crippen LogP contribution in [0.15, 0.2) is 30.3 Å². The van der Waals surface area contributed by atoms with Crippen molar-refractivity contribution in [3.05, 3.63) is 52.8 Å². The number of nitrogens with two attached hydrogens (primary N) is 1. The monoisotopic (exact) mass is 257 g/mol.